The van der Waals surface area contributed by atoms with E-state index in [1.165, 1.54) is 34.1 Å². The van der Waals surface area contributed by atoms with Gasteiger partial charge in [-0.2, -0.15) is 0 Å². The second-order valence-electron chi connectivity index (χ2n) is 8.83. The Morgan fingerprint density at radius 2 is 1.90 bits per heavy atom. The second-order valence-corrected chi connectivity index (χ2v) is 11.9. The molecule has 0 saturated heterocycles. The Bertz CT molecular complexity index is 1660. The summed E-state index contributed by atoms with van der Waals surface area (Å²) in [4.78, 5) is 28.3. The van der Waals surface area contributed by atoms with E-state index in [1.54, 1.807) is 42.5 Å². The molecule has 1 atom stereocenters. The molecule has 11 heteroatoms. The van der Waals surface area contributed by atoms with Gasteiger partial charge in [-0.1, -0.05) is 101 Å². The maximum absolute atomic E-state index is 13.5. The first-order chi connectivity index (χ1) is 19.9. The molecule has 2 heterocycles. The van der Waals surface area contributed by atoms with Crippen LogP contribution in [-0.2, 0) is 15.3 Å². The van der Waals surface area contributed by atoms with Crippen molar-refractivity contribution < 1.29 is 19.4 Å². The van der Waals surface area contributed by atoms with E-state index in [0.717, 1.165) is 11.1 Å². The molecule has 0 bridgehead atoms. The van der Waals surface area contributed by atoms with Crippen molar-refractivity contribution in [2.75, 3.05) is 11.5 Å². The topological polar surface area (TPSA) is 92.6 Å². The molecule has 0 aliphatic carbocycles. The van der Waals surface area contributed by atoms with Crippen molar-refractivity contribution in [2.24, 2.45) is 0 Å². The molecule has 0 fully saturated rings. The molecule has 4 aromatic rings. The minimum absolute atomic E-state index is 0.0480. The van der Waals surface area contributed by atoms with Crippen molar-refractivity contribution >= 4 is 69.2 Å². The quantitative estimate of drug-likeness (QED) is 0.110. The largest absolute Gasteiger partial charge is 0.503 e. The molecule has 7 nitrogen and oxygen atoms in total. The Labute approximate surface area is 255 Å². The highest BCUT2D eigenvalue weighted by Crippen LogP contribution is 2.44. The average Bonchev–Trinajstić information content (AvgIpc) is 3.54. The number of aliphatic hydroxyl groups excluding tert-OH is 1. The number of aromatic nitrogens is 2. The highest BCUT2D eigenvalue weighted by atomic mass is 35.5. The monoisotopic (exact) mass is 623 g/mol. The van der Waals surface area contributed by atoms with E-state index in [9.17, 15) is 14.7 Å². The van der Waals surface area contributed by atoms with Gasteiger partial charge in [0.2, 0.25) is 5.13 Å². The zero-order valence-electron chi connectivity index (χ0n) is 21.7. The molecule has 5 rings (SSSR count). The summed E-state index contributed by atoms with van der Waals surface area (Å²) in [5, 5.41) is 20.8. The molecule has 3 aromatic carbocycles. The number of amides is 1. The summed E-state index contributed by atoms with van der Waals surface area (Å²) in [6.45, 7) is 2.31. The first-order valence-electron chi connectivity index (χ1n) is 12.5. The molecule has 1 aliphatic heterocycles. The molecule has 1 aliphatic rings. The molecule has 0 spiro atoms. The van der Waals surface area contributed by atoms with Gasteiger partial charge < -0.3 is 9.84 Å². The van der Waals surface area contributed by atoms with Gasteiger partial charge >= 0.3 is 0 Å². The normalized spacial score (nSPS) is 15.2. The first-order valence-corrected chi connectivity index (χ1v) is 15.1. The third kappa shape index (κ3) is 6.49. The standard InChI is InChI=1S/C30H23Cl2N3O4S2/c1-2-39-22-10-6-9-19(15-22)26-25(24(36)14-11-18-7-4-3-5-8-18)27(37)28(38)35(26)29-33-34-30(41-29)40-17-20-12-13-21(31)16-23(20)32/h3-16,26,37H,2,17H2,1H3/b14-11+. The Hall–Kier alpha value is -3.63. The van der Waals surface area contributed by atoms with Crippen LogP contribution >= 0.6 is 46.3 Å². The molecule has 1 aromatic heterocycles. The van der Waals surface area contributed by atoms with Gasteiger partial charge in [0.25, 0.3) is 5.91 Å². The lowest BCUT2D eigenvalue weighted by Crippen LogP contribution is -2.30. The van der Waals surface area contributed by atoms with Crippen LogP contribution in [-0.4, -0.2) is 33.6 Å². The Balaban J connectivity index is 1.47. The molecular formula is C30H23Cl2N3O4S2. The summed E-state index contributed by atoms with van der Waals surface area (Å²) in [6, 6.07) is 20.7. The number of nitrogens with zero attached hydrogens (tertiary/aromatic N) is 3. The zero-order valence-corrected chi connectivity index (χ0v) is 24.8. The van der Waals surface area contributed by atoms with Gasteiger partial charge in [0, 0.05) is 15.8 Å². The fourth-order valence-corrected chi connectivity index (χ4v) is 6.70. The van der Waals surface area contributed by atoms with Crippen molar-refractivity contribution in [3.05, 3.63) is 117 Å². The van der Waals surface area contributed by atoms with E-state index in [0.29, 0.717) is 38.1 Å². The van der Waals surface area contributed by atoms with Gasteiger partial charge in [-0.05, 0) is 54.0 Å². The smallest absolute Gasteiger partial charge is 0.296 e. The Kier molecular flexibility index (Phi) is 9.09. The van der Waals surface area contributed by atoms with Gasteiger partial charge in [-0.15, -0.1) is 10.2 Å². The van der Waals surface area contributed by atoms with Crippen LogP contribution in [0.1, 0.15) is 29.7 Å². The van der Waals surface area contributed by atoms with E-state index >= 15 is 0 Å². The summed E-state index contributed by atoms with van der Waals surface area (Å²) in [5.74, 6) is -0.775. The predicted molar refractivity (Wildman–Crippen MR) is 164 cm³/mol. The minimum atomic E-state index is -0.938. The molecule has 1 amide bonds. The Morgan fingerprint density at radius 1 is 1.10 bits per heavy atom. The summed E-state index contributed by atoms with van der Waals surface area (Å²) < 4.78 is 6.26. The molecule has 208 valence electrons. The number of aliphatic hydroxyl groups is 1. The van der Waals surface area contributed by atoms with Gasteiger partial charge in [0.15, 0.2) is 15.9 Å². The molecule has 1 N–H and O–H groups in total. The maximum Gasteiger partial charge on any atom is 0.296 e. The second kappa shape index (κ2) is 12.9. The fourth-order valence-electron chi connectivity index (χ4n) is 4.27. The van der Waals surface area contributed by atoms with Crippen molar-refractivity contribution in [2.45, 2.75) is 23.1 Å². The van der Waals surface area contributed by atoms with Crippen LogP contribution in [0, 0.1) is 0 Å². The van der Waals surface area contributed by atoms with E-state index in [-0.39, 0.29) is 10.7 Å². The number of carbonyl (C=O) groups excluding carboxylic acids is 2. The number of thioether (sulfide) groups is 1. The number of rotatable bonds is 10. The Morgan fingerprint density at radius 3 is 2.66 bits per heavy atom. The molecule has 0 saturated carbocycles. The van der Waals surface area contributed by atoms with Crippen LogP contribution in [0.25, 0.3) is 6.08 Å². The fraction of sp³-hybridized carbons (Fsp3) is 0.133. The van der Waals surface area contributed by atoms with E-state index in [4.69, 9.17) is 27.9 Å². The maximum atomic E-state index is 13.5. The van der Waals surface area contributed by atoms with E-state index < -0.39 is 23.5 Å². The summed E-state index contributed by atoms with van der Waals surface area (Å²) in [7, 11) is 0. The number of hydrogen-bond donors (Lipinski definition) is 1. The van der Waals surface area contributed by atoms with Crippen molar-refractivity contribution in [3.8, 4) is 5.75 Å². The molecule has 1 unspecified atom stereocenters. The van der Waals surface area contributed by atoms with Crippen LogP contribution in [0.2, 0.25) is 10.0 Å². The van der Waals surface area contributed by atoms with Gasteiger partial charge in [-0.3, -0.25) is 14.5 Å². The third-order valence-corrected chi connectivity index (χ3v) is 8.84. The number of hydrogen-bond acceptors (Lipinski definition) is 8. The number of ketones is 1. The van der Waals surface area contributed by atoms with Crippen molar-refractivity contribution in [1.29, 1.82) is 0 Å². The van der Waals surface area contributed by atoms with Crippen LogP contribution in [0.5, 0.6) is 5.75 Å². The lowest BCUT2D eigenvalue weighted by Gasteiger charge is -2.24. The number of ether oxygens (including phenoxy) is 1. The molecule has 0 radical (unpaired) electrons. The highest BCUT2D eigenvalue weighted by Gasteiger charge is 2.45. The summed E-state index contributed by atoms with van der Waals surface area (Å²) in [5.41, 5.74) is 2.22. The SMILES string of the molecule is CCOc1cccc(C2C(C(=O)/C=C/c3ccccc3)=C(O)C(=O)N2c2nnc(SCc3ccc(Cl)cc3Cl)s2)c1. The van der Waals surface area contributed by atoms with Gasteiger partial charge in [-0.25, -0.2) is 0 Å². The summed E-state index contributed by atoms with van der Waals surface area (Å²) in [6.07, 6.45) is 3.00. The number of halogens is 2. The van der Waals surface area contributed by atoms with Crippen molar-refractivity contribution in [1.82, 2.24) is 10.2 Å². The predicted octanol–water partition coefficient (Wildman–Crippen LogP) is 7.72. The molecule has 41 heavy (non-hydrogen) atoms. The lowest BCUT2D eigenvalue weighted by atomic mass is 9.95. The number of benzene rings is 3. The van der Waals surface area contributed by atoms with Crippen molar-refractivity contribution in [3.63, 3.8) is 0 Å². The third-order valence-electron chi connectivity index (χ3n) is 6.15. The van der Waals surface area contributed by atoms with Gasteiger partial charge in [0.1, 0.15) is 5.75 Å². The van der Waals surface area contributed by atoms with E-state index in [2.05, 4.69) is 10.2 Å². The van der Waals surface area contributed by atoms with Crippen LogP contribution in [0.3, 0.4) is 0 Å². The highest BCUT2D eigenvalue weighted by molar-refractivity contribution is 8.00. The van der Waals surface area contributed by atoms with Crippen LogP contribution in [0.4, 0.5) is 5.13 Å². The summed E-state index contributed by atoms with van der Waals surface area (Å²) >= 11 is 14.9. The van der Waals surface area contributed by atoms with E-state index in [1.807, 2.05) is 43.3 Å². The molecular weight excluding hydrogens is 601 g/mol. The number of carbonyl (C=O) groups is 2. The minimum Gasteiger partial charge on any atom is -0.503 e. The van der Waals surface area contributed by atoms with Gasteiger partial charge in [0.05, 0.1) is 18.2 Å². The lowest BCUT2D eigenvalue weighted by molar-refractivity contribution is -0.117. The van der Waals surface area contributed by atoms with Crippen LogP contribution < -0.4 is 9.64 Å². The zero-order chi connectivity index (χ0) is 28.9. The van der Waals surface area contributed by atoms with Crippen LogP contribution in [0.15, 0.2) is 94.5 Å². The average molecular weight is 625 g/mol. The number of anilines is 1. The number of allylic oxidation sites excluding steroid dienone is 1. The first kappa shape index (κ1) is 28.9.